The molecule has 114 valence electrons. The number of aryl methyl sites for hydroxylation is 1. The number of thiophene rings is 1. The van der Waals surface area contributed by atoms with Gasteiger partial charge in [-0.1, -0.05) is 12.1 Å². The Morgan fingerprint density at radius 1 is 1.41 bits per heavy atom. The van der Waals surface area contributed by atoms with Gasteiger partial charge in [-0.25, -0.2) is 0 Å². The number of hydrogen-bond donors (Lipinski definition) is 2. The summed E-state index contributed by atoms with van der Waals surface area (Å²) < 4.78 is 5.70. The summed E-state index contributed by atoms with van der Waals surface area (Å²) in [5, 5.41) is 7.43. The van der Waals surface area contributed by atoms with E-state index in [1.807, 2.05) is 36.6 Å². The number of rotatable bonds is 3. The molecule has 1 aliphatic rings. The number of carbonyl (C=O) groups is 2. The van der Waals surface area contributed by atoms with Crippen molar-refractivity contribution in [2.45, 2.75) is 26.0 Å². The van der Waals surface area contributed by atoms with E-state index < -0.39 is 17.4 Å². The fourth-order valence-electron chi connectivity index (χ4n) is 2.24. The van der Waals surface area contributed by atoms with Crippen LogP contribution in [0.15, 0.2) is 35.7 Å². The predicted molar refractivity (Wildman–Crippen MR) is 85.0 cm³/mol. The Kier molecular flexibility index (Phi) is 3.62. The summed E-state index contributed by atoms with van der Waals surface area (Å²) in [5.74, 6) is -0.419. The van der Waals surface area contributed by atoms with Crippen molar-refractivity contribution in [2.75, 3.05) is 5.32 Å². The van der Waals surface area contributed by atoms with E-state index in [9.17, 15) is 9.59 Å². The van der Waals surface area contributed by atoms with Crippen molar-refractivity contribution in [3.05, 3.63) is 46.2 Å². The molecule has 1 aromatic heterocycles. The van der Waals surface area contributed by atoms with E-state index in [1.165, 1.54) is 6.92 Å². The average Bonchev–Trinajstić information content (AvgIpc) is 2.99. The lowest BCUT2D eigenvalue weighted by atomic mass is 10.0. The van der Waals surface area contributed by atoms with Gasteiger partial charge in [0.2, 0.25) is 0 Å². The maximum atomic E-state index is 12.4. The number of nitrogens with one attached hydrogen (secondary N) is 2. The molecule has 2 heterocycles. The first-order chi connectivity index (χ1) is 10.5. The molecule has 2 amide bonds. The van der Waals surface area contributed by atoms with Gasteiger partial charge in [0.05, 0.1) is 12.2 Å². The standard InChI is InChI=1S/C16H16N2O3S/c1-10-5-6-13-12(8-10)18-15(20)16(2,21-13)14(19)17-9-11-4-3-7-22-11/h3-8H,9H2,1-2H3,(H,17,19)(H,18,20). The highest BCUT2D eigenvalue weighted by Gasteiger charge is 2.47. The highest BCUT2D eigenvalue weighted by Crippen LogP contribution is 2.34. The van der Waals surface area contributed by atoms with Crippen LogP contribution in [0.1, 0.15) is 17.4 Å². The Labute approximate surface area is 132 Å². The predicted octanol–water partition coefficient (Wildman–Crippen LogP) is 2.46. The molecule has 6 heteroatoms. The Hall–Kier alpha value is -2.34. The molecule has 0 saturated heterocycles. The molecule has 0 aliphatic carbocycles. The van der Waals surface area contributed by atoms with Crippen molar-refractivity contribution in [1.82, 2.24) is 5.32 Å². The topological polar surface area (TPSA) is 67.4 Å². The summed E-state index contributed by atoms with van der Waals surface area (Å²) in [4.78, 5) is 25.7. The summed E-state index contributed by atoms with van der Waals surface area (Å²) in [6, 6.07) is 9.29. The van der Waals surface area contributed by atoms with Gasteiger partial charge >= 0.3 is 0 Å². The third-order valence-electron chi connectivity index (χ3n) is 3.57. The Bertz CT molecular complexity index is 727. The second-order valence-corrected chi connectivity index (χ2v) is 6.38. The fraction of sp³-hybridized carbons (Fsp3) is 0.250. The molecule has 0 fully saturated rings. The average molecular weight is 316 g/mol. The van der Waals surface area contributed by atoms with Crippen LogP contribution < -0.4 is 15.4 Å². The minimum absolute atomic E-state index is 0.378. The number of fused-ring (bicyclic) bond motifs is 1. The highest BCUT2D eigenvalue weighted by molar-refractivity contribution is 7.09. The van der Waals surface area contributed by atoms with Crippen LogP contribution in [0, 0.1) is 6.92 Å². The number of hydrogen-bond acceptors (Lipinski definition) is 4. The molecule has 0 spiro atoms. The summed E-state index contributed by atoms with van der Waals surface area (Å²) in [5.41, 5.74) is 0.0291. The number of carbonyl (C=O) groups excluding carboxylic acids is 2. The second kappa shape index (κ2) is 5.46. The summed E-state index contributed by atoms with van der Waals surface area (Å²) >= 11 is 1.55. The van der Waals surface area contributed by atoms with E-state index in [0.29, 0.717) is 18.0 Å². The zero-order valence-electron chi connectivity index (χ0n) is 12.3. The minimum atomic E-state index is -1.57. The molecule has 5 nitrogen and oxygen atoms in total. The molecule has 1 aliphatic heterocycles. The van der Waals surface area contributed by atoms with Crippen LogP contribution in [0.4, 0.5) is 5.69 Å². The molecular formula is C16H16N2O3S. The first-order valence-electron chi connectivity index (χ1n) is 6.91. The van der Waals surface area contributed by atoms with Gasteiger partial charge in [0.1, 0.15) is 5.75 Å². The van der Waals surface area contributed by atoms with Gasteiger partial charge in [-0.3, -0.25) is 9.59 Å². The molecule has 1 unspecified atom stereocenters. The van der Waals surface area contributed by atoms with Crippen molar-refractivity contribution in [3.8, 4) is 5.75 Å². The molecule has 0 saturated carbocycles. The maximum absolute atomic E-state index is 12.4. The third-order valence-corrected chi connectivity index (χ3v) is 4.44. The Morgan fingerprint density at radius 3 is 2.95 bits per heavy atom. The van der Waals surface area contributed by atoms with E-state index in [0.717, 1.165) is 10.4 Å². The molecule has 2 N–H and O–H groups in total. The molecule has 1 atom stereocenters. The van der Waals surface area contributed by atoms with Crippen molar-refractivity contribution in [2.24, 2.45) is 0 Å². The lowest BCUT2D eigenvalue weighted by Gasteiger charge is -2.33. The van der Waals surface area contributed by atoms with Crippen LogP contribution in [0.25, 0.3) is 0 Å². The van der Waals surface area contributed by atoms with E-state index >= 15 is 0 Å². The number of anilines is 1. The van der Waals surface area contributed by atoms with E-state index in [1.54, 1.807) is 17.4 Å². The quantitative estimate of drug-likeness (QED) is 0.855. The second-order valence-electron chi connectivity index (χ2n) is 5.35. The summed E-state index contributed by atoms with van der Waals surface area (Å²) in [6.45, 7) is 3.78. The van der Waals surface area contributed by atoms with Crippen molar-refractivity contribution >= 4 is 28.8 Å². The van der Waals surface area contributed by atoms with Crippen molar-refractivity contribution in [1.29, 1.82) is 0 Å². The highest BCUT2D eigenvalue weighted by atomic mass is 32.1. The number of amides is 2. The fourth-order valence-corrected chi connectivity index (χ4v) is 2.88. The SMILES string of the molecule is Cc1ccc2c(c1)NC(=O)C(C)(C(=O)NCc1cccs1)O2. The van der Waals surface area contributed by atoms with Gasteiger partial charge in [-0.2, -0.15) is 0 Å². The van der Waals surface area contributed by atoms with Gasteiger partial charge in [-0.05, 0) is 43.0 Å². The third kappa shape index (κ3) is 2.57. The molecule has 2 aromatic rings. The Morgan fingerprint density at radius 2 is 2.23 bits per heavy atom. The van der Waals surface area contributed by atoms with Crippen LogP contribution in [0.2, 0.25) is 0 Å². The van der Waals surface area contributed by atoms with Crippen molar-refractivity contribution in [3.63, 3.8) is 0 Å². The first-order valence-corrected chi connectivity index (χ1v) is 7.79. The van der Waals surface area contributed by atoms with Crippen molar-refractivity contribution < 1.29 is 14.3 Å². The number of benzene rings is 1. The normalized spacial score (nSPS) is 19.8. The van der Waals surface area contributed by atoms with Crippen LogP contribution >= 0.6 is 11.3 Å². The minimum Gasteiger partial charge on any atom is -0.466 e. The zero-order chi connectivity index (χ0) is 15.7. The van der Waals surface area contributed by atoms with E-state index in [-0.39, 0.29) is 0 Å². The van der Waals surface area contributed by atoms with Gasteiger partial charge in [0, 0.05) is 4.88 Å². The van der Waals surface area contributed by atoms with Crippen LogP contribution in [0.5, 0.6) is 5.75 Å². The van der Waals surface area contributed by atoms with Gasteiger partial charge in [0.25, 0.3) is 17.4 Å². The smallest absolute Gasteiger partial charge is 0.278 e. The molecule has 3 rings (SSSR count). The lowest BCUT2D eigenvalue weighted by Crippen LogP contribution is -2.58. The molecule has 22 heavy (non-hydrogen) atoms. The van der Waals surface area contributed by atoms with Gasteiger partial charge in [-0.15, -0.1) is 11.3 Å². The zero-order valence-corrected chi connectivity index (χ0v) is 13.1. The summed E-state index contributed by atoms with van der Waals surface area (Å²) in [6.07, 6.45) is 0. The lowest BCUT2D eigenvalue weighted by molar-refractivity contribution is -0.146. The monoisotopic (exact) mass is 316 g/mol. The molecule has 0 bridgehead atoms. The van der Waals surface area contributed by atoms with Gasteiger partial charge in [0.15, 0.2) is 0 Å². The molecule has 0 radical (unpaired) electrons. The van der Waals surface area contributed by atoms with Gasteiger partial charge < -0.3 is 15.4 Å². The van der Waals surface area contributed by atoms with E-state index in [2.05, 4.69) is 10.6 Å². The van der Waals surface area contributed by atoms with E-state index in [4.69, 9.17) is 4.74 Å². The maximum Gasteiger partial charge on any atom is 0.278 e. The molecular weight excluding hydrogens is 300 g/mol. The van der Waals surface area contributed by atoms with Crippen LogP contribution in [-0.2, 0) is 16.1 Å². The first kappa shape index (κ1) is 14.6. The largest absolute Gasteiger partial charge is 0.466 e. The van der Waals surface area contributed by atoms with Crippen LogP contribution in [0.3, 0.4) is 0 Å². The summed E-state index contributed by atoms with van der Waals surface area (Å²) in [7, 11) is 0. The number of ether oxygens (including phenoxy) is 1. The Balaban J connectivity index is 1.78. The molecule has 1 aromatic carbocycles. The van der Waals surface area contributed by atoms with Crippen LogP contribution in [-0.4, -0.2) is 17.4 Å².